The van der Waals surface area contributed by atoms with Gasteiger partial charge in [0.25, 0.3) is 11.8 Å². The monoisotopic (exact) mass is 543 g/mol. The average molecular weight is 544 g/mol. The van der Waals surface area contributed by atoms with Gasteiger partial charge in [-0.05, 0) is 14.0 Å². The number of amides is 3. The predicted octanol–water partition coefficient (Wildman–Crippen LogP) is 2.80. The summed E-state index contributed by atoms with van der Waals surface area (Å²) in [7, 11) is 1.77. The van der Waals surface area contributed by atoms with Gasteiger partial charge >= 0.3 is 0 Å². The van der Waals surface area contributed by atoms with Gasteiger partial charge in [-0.25, -0.2) is 24.9 Å². The highest BCUT2D eigenvalue weighted by molar-refractivity contribution is 7.13. The summed E-state index contributed by atoms with van der Waals surface area (Å²) in [6, 6.07) is -0.512. The maximum atomic E-state index is 13.1. The van der Waals surface area contributed by atoms with Crippen LogP contribution in [-0.4, -0.2) is 61.1 Å². The SMILES string of the molecule is CC(NC(=O)c1ncnc2c1CN(C)CC(=O)N2)c1ncc(C(=O)Nc2ncc(Cl)c(C(C)(C)C)n2)s1. The van der Waals surface area contributed by atoms with Crippen LogP contribution in [0.15, 0.2) is 18.7 Å². The number of fused-ring (bicyclic) bond motifs is 1. The average Bonchev–Trinajstić information content (AvgIpc) is 3.25. The van der Waals surface area contributed by atoms with Crippen LogP contribution in [0.25, 0.3) is 0 Å². The van der Waals surface area contributed by atoms with Crippen molar-refractivity contribution in [2.75, 3.05) is 24.2 Å². The van der Waals surface area contributed by atoms with Crippen LogP contribution in [0, 0.1) is 0 Å². The number of nitrogens with one attached hydrogen (secondary N) is 3. The van der Waals surface area contributed by atoms with Crippen molar-refractivity contribution in [1.82, 2.24) is 35.1 Å². The number of nitrogens with zero attached hydrogens (tertiary/aromatic N) is 6. The molecule has 3 aromatic rings. The highest BCUT2D eigenvalue weighted by Gasteiger charge is 2.26. The third-order valence-electron chi connectivity index (χ3n) is 5.41. The Bertz CT molecular complexity index is 1370. The van der Waals surface area contributed by atoms with Gasteiger partial charge in [-0.1, -0.05) is 32.4 Å². The minimum absolute atomic E-state index is 0.136. The van der Waals surface area contributed by atoms with E-state index in [1.165, 1.54) is 18.7 Å². The lowest BCUT2D eigenvalue weighted by Gasteiger charge is -2.19. The van der Waals surface area contributed by atoms with Crippen LogP contribution >= 0.6 is 22.9 Å². The molecule has 0 aromatic carbocycles. The first-order valence-electron chi connectivity index (χ1n) is 11.4. The minimum Gasteiger partial charge on any atom is -0.342 e. The highest BCUT2D eigenvalue weighted by Crippen LogP contribution is 2.28. The lowest BCUT2D eigenvalue weighted by molar-refractivity contribution is -0.116. The van der Waals surface area contributed by atoms with Crippen molar-refractivity contribution in [3.8, 4) is 0 Å². The molecule has 4 rings (SSSR count). The Hall–Kier alpha value is -3.55. The molecule has 3 N–H and O–H groups in total. The summed E-state index contributed by atoms with van der Waals surface area (Å²) >= 11 is 7.34. The third kappa shape index (κ3) is 6.06. The normalized spacial score (nSPS) is 14.8. The van der Waals surface area contributed by atoms with Crippen LogP contribution in [-0.2, 0) is 16.8 Å². The fraction of sp³-hybridized carbons (Fsp3) is 0.391. The van der Waals surface area contributed by atoms with E-state index in [4.69, 9.17) is 11.6 Å². The molecule has 1 unspecified atom stereocenters. The second-order valence-electron chi connectivity index (χ2n) is 9.62. The van der Waals surface area contributed by atoms with Crippen molar-refractivity contribution in [3.05, 3.63) is 50.6 Å². The lowest BCUT2D eigenvalue weighted by Crippen LogP contribution is -2.29. The summed E-state index contributed by atoms with van der Waals surface area (Å²) in [5, 5.41) is 9.17. The number of rotatable bonds is 5. The number of hydrogen-bond donors (Lipinski definition) is 3. The summed E-state index contributed by atoms with van der Waals surface area (Å²) in [6.07, 6.45) is 4.12. The standard InChI is InChI=1S/C23H26ClN9O3S/c1-11(29-20(36)16-12-8-33(5)9-15(34)30-18(12)28-10-27-16)21-25-7-14(37-21)19(35)32-22-26-6-13(24)17(31-22)23(2,3)4/h6-7,10-11H,8-9H2,1-5H3,(H,29,36)(H,26,31,32,35)(H,27,28,30,34). The molecule has 14 heteroatoms. The predicted molar refractivity (Wildman–Crippen MR) is 139 cm³/mol. The number of aromatic nitrogens is 5. The summed E-state index contributed by atoms with van der Waals surface area (Å²) in [4.78, 5) is 61.0. The number of carbonyl (C=O) groups is 3. The van der Waals surface area contributed by atoms with Gasteiger partial charge in [0.05, 0.1) is 35.7 Å². The first-order chi connectivity index (χ1) is 17.4. The summed E-state index contributed by atoms with van der Waals surface area (Å²) in [5.74, 6) is -0.635. The van der Waals surface area contributed by atoms with Crippen LogP contribution in [0.4, 0.5) is 11.8 Å². The molecule has 0 aliphatic carbocycles. The van der Waals surface area contributed by atoms with Crippen LogP contribution < -0.4 is 16.0 Å². The molecule has 3 aromatic heterocycles. The second kappa shape index (κ2) is 10.4. The molecule has 0 spiro atoms. The minimum atomic E-state index is -0.512. The fourth-order valence-electron chi connectivity index (χ4n) is 3.64. The Kier molecular flexibility index (Phi) is 7.48. The van der Waals surface area contributed by atoms with Crippen molar-refractivity contribution in [2.24, 2.45) is 0 Å². The van der Waals surface area contributed by atoms with Crippen LogP contribution in [0.2, 0.25) is 5.02 Å². The molecule has 0 saturated carbocycles. The fourth-order valence-corrected chi connectivity index (χ4v) is 4.83. The number of likely N-dealkylation sites (N-methyl/N-ethyl adjacent to an activating group) is 1. The first kappa shape index (κ1) is 26.5. The molecule has 0 fully saturated rings. The quantitative estimate of drug-likeness (QED) is 0.440. The molecule has 12 nitrogen and oxygen atoms in total. The molecule has 1 aliphatic heterocycles. The lowest BCUT2D eigenvalue weighted by atomic mass is 9.92. The highest BCUT2D eigenvalue weighted by atomic mass is 35.5. The molecular formula is C23H26ClN9O3S. The Balaban J connectivity index is 1.46. The van der Waals surface area contributed by atoms with E-state index in [0.29, 0.717) is 38.5 Å². The van der Waals surface area contributed by atoms with Gasteiger partial charge in [0.15, 0.2) is 0 Å². The Labute approximate surface area is 222 Å². The van der Waals surface area contributed by atoms with E-state index in [-0.39, 0.29) is 29.5 Å². The third-order valence-corrected chi connectivity index (χ3v) is 6.86. The van der Waals surface area contributed by atoms with Crippen molar-refractivity contribution in [2.45, 2.75) is 45.7 Å². The van der Waals surface area contributed by atoms with E-state index in [1.54, 1.807) is 18.9 Å². The van der Waals surface area contributed by atoms with Crippen molar-refractivity contribution < 1.29 is 14.4 Å². The molecule has 0 saturated heterocycles. The largest absolute Gasteiger partial charge is 0.342 e. The van der Waals surface area contributed by atoms with Gasteiger partial charge < -0.3 is 10.6 Å². The van der Waals surface area contributed by atoms with Crippen LogP contribution in [0.3, 0.4) is 0 Å². The first-order valence-corrected chi connectivity index (χ1v) is 12.5. The molecule has 4 heterocycles. The van der Waals surface area contributed by atoms with Gasteiger partial charge in [-0.3, -0.25) is 24.6 Å². The van der Waals surface area contributed by atoms with Crippen molar-refractivity contribution in [1.29, 1.82) is 0 Å². The van der Waals surface area contributed by atoms with Crippen molar-refractivity contribution in [3.63, 3.8) is 0 Å². The maximum absolute atomic E-state index is 13.1. The van der Waals surface area contributed by atoms with E-state index in [2.05, 4.69) is 40.9 Å². The van der Waals surface area contributed by atoms with Gasteiger partial charge in [0, 0.05) is 17.5 Å². The molecule has 1 atom stereocenters. The van der Waals surface area contributed by atoms with Crippen LogP contribution in [0.5, 0.6) is 0 Å². The number of thiazole rings is 1. The van der Waals surface area contributed by atoms with E-state index < -0.39 is 17.9 Å². The van der Waals surface area contributed by atoms with Gasteiger partial charge in [0.2, 0.25) is 11.9 Å². The molecule has 194 valence electrons. The van der Waals surface area contributed by atoms with Gasteiger partial charge in [-0.2, -0.15) is 0 Å². The molecule has 0 bridgehead atoms. The van der Waals surface area contributed by atoms with E-state index >= 15 is 0 Å². The molecule has 3 amide bonds. The molecule has 0 radical (unpaired) electrons. The smallest absolute Gasteiger partial charge is 0.270 e. The number of anilines is 2. The summed E-state index contributed by atoms with van der Waals surface area (Å²) < 4.78 is 0. The molecular weight excluding hydrogens is 518 g/mol. The zero-order valence-corrected chi connectivity index (χ0v) is 22.5. The van der Waals surface area contributed by atoms with Crippen LogP contribution in [0.1, 0.15) is 70.2 Å². The topological polar surface area (TPSA) is 155 Å². The molecule has 37 heavy (non-hydrogen) atoms. The zero-order valence-electron chi connectivity index (χ0n) is 20.9. The summed E-state index contributed by atoms with van der Waals surface area (Å²) in [6.45, 7) is 8.15. The second-order valence-corrected chi connectivity index (χ2v) is 11.1. The van der Waals surface area contributed by atoms with Gasteiger partial charge in [0.1, 0.15) is 27.7 Å². The Morgan fingerprint density at radius 1 is 1.14 bits per heavy atom. The zero-order chi connectivity index (χ0) is 26.9. The van der Waals surface area contributed by atoms with Crippen molar-refractivity contribution >= 4 is 52.4 Å². The number of halogens is 1. The number of carbonyl (C=O) groups excluding carboxylic acids is 3. The summed E-state index contributed by atoms with van der Waals surface area (Å²) in [5.41, 5.74) is 0.981. The number of hydrogen-bond acceptors (Lipinski definition) is 10. The van der Waals surface area contributed by atoms with E-state index in [1.807, 2.05) is 20.8 Å². The van der Waals surface area contributed by atoms with E-state index in [9.17, 15) is 14.4 Å². The maximum Gasteiger partial charge on any atom is 0.270 e. The van der Waals surface area contributed by atoms with E-state index in [0.717, 1.165) is 11.3 Å². The Morgan fingerprint density at radius 3 is 2.62 bits per heavy atom. The van der Waals surface area contributed by atoms with Gasteiger partial charge in [-0.15, -0.1) is 11.3 Å². The molecule has 1 aliphatic rings. The Morgan fingerprint density at radius 2 is 1.89 bits per heavy atom.